The van der Waals surface area contributed by atoms with Crippen LogP contribution in [0.15, 0.2) is 102 Å². The van der Waals surface area contributed by atoms with Crippen LogP contribution in [0.25, 0.3) is 0 Å². The van der Waals surface area contributed by atoms with Crippen molar-refractivity contribution >= 4 is 27.5 Å². The molecular formula is C39H45N3O6S. The van der Waals surface area contributed by atoms with E-state index in [0.29, 0.717) is 11.4 Å². The fourth-order valence-corrected chi connectivity index (χ4v) is 7.59. The average Bonchev–Trinajstić information content (AvgIpc) is 3.63. The average molecular weight is 684 g/mol. The van der Waals surface area contributed by atoms with Crippen molar-refractivity contribution in [1.29, 1.82) is 0 Å². The minimum absolute atomic E-state index is 0.0385. The molecule has 5 rings (SSSR count). The molecule has 1 saturated carbocycles. The Morgan fingerprint density at radius 3 is 2.02 bits per heavy atom. The van der Waals surface area contributed by atoms with Gasteiger partial charge in [0.1, 0.15) is 12.6 Å². The zero-order chi connectivity index (χ0) is 35.0. The van der Waals surface area contributed by atoms with Crippen molar-refractivity contribution in [3.8, 4) is 11.5 Å². The maximum atomic E-state index is 14.7. The number of sulfonamides is 1. The molecule has 0 saturated heterocycles. The first kappa shape index (κ1) is 35.5. The van der Waals surface area contributed by atoms with Crippen LogP contribution in [-0.2, 0) is 32.6 Å². The highest BCUT2D eigenvalue weighted by atomic mass is 32.2. The lowest BCUT2D eigenvalue weighted by Crippen LogP contribution is -2.54. The Labute approximate surface area is 289 Å². The van der Waals surface area contributed by atoms with Crippen molar-refractivity contribution < 1.29 is 27.5 Å². The van der Waals surface area contributed by atoms with Crippen LogP contribution in [0, 0.1) is 13.8 Å². The Hall–Kier alpha value is -4.83. The lowest BCUT2D eigenvalue weighted by Gasteiger charge is -2.34. The van der Waals surface area contributed by atoms with E-state index in [2.05, 4.69) is 5.32 Å². The van der Waals surface area contributed by atoms with Crippen molar-refractivity contribution in [2.24, 2.45) is 0 Å². The number of carbonyl (C=O) groups is 2. The number of carbonyl (C=O) groups excluding carboxylic acids is 2. The van der Waals surface area contributed by atoms with Crippen molar-refractivity contribution in [3.63, 3.8) is 0 Å². The van der Waals surface area contributed by atoms with E-state index in [9.17, 15) is 18.0 Å². The maximum Gasteiger partial charge on any atom is 0.264 e. The van der Waals surface area contributed by atoms with Crippen LogP contribution in [0.5, 0.6) is 11.5 Å². The molecule has 0 heterocycles. The van der Waals surface area contributed by atoms with Crippen LogP contribution in [0.4, 0.5) is 5.69 Å². The third kappa shape index (κ3) is 8.80. The predicted octanol–water partition coefficient (Wildman–Crippen LogP) is 6.21. The van der Waals surface area contributed by atoms with Gasteiger partial charge in [-0.15, -0.1) is 0 Å². The van der Waals surface area contributed by atoms with E-state index in [1.807, 2.05) is 68.4 Å². The molecule has 258 valence electrons. The summed E-state index contributed by atoms with van der Waals surface area (Å²) < 4.78 is 40.7. The molecule has 1 aliphatic carbocycles. The van der Waals surface area contributed by atoms with Gasteiger partial charge in [0.05, 0.1) is 24.8 Å². The summed E-state index contributed by atoms with van der Waals surface area (Å²) in [5.74, 6) is -0.138. The summed E-state index contributed by atoms with van der Waals surface area (Å²) in [5.41, 5.74) is 4.04. The van der Waals surface area contributed by atoms with E-state index < -0.39 is 28.5 Å². The van der Waals surface area contributed by atoms with Crippen molar-refractivity contribution in [2.75, 3.05) is 25.1 Å². The molecule has 0 aliphatic heterocycles. The predicted molar refractivity (Wildman–Crippen MR) is 191 cm³/mol. The molecule has 1 unspecified atom stereocenters. The number of amides is 2. The summed E-state index contributed by atoms with van der Waals surface area (Å²) in [4.78, 5) is 30.4. The Kier molecular flexibility index (Phi) is 11.6. The van der Waals surface area contributed by atoms with Gasteiger partial charge in [-0.1, -0.05) is 90.7 Å². The third-order valence-electron chi connectivity index (χ3n) is 8.99. The number of hydrogen-bond donors (Lipinski definition) is 1. The van der Waals surface area contributed by atoms with Crippen molar-refractivity contribution in [2.45, 2.75) is 69.5 Å². The summed E-state index contributed by atoms with van der Waals surface area (Å²) in [6, 6.07) is 27.8. The molecule has 0 aromatic heterocycles. The molecule has 49 heavy (non-hydrogen) atoms. The van der Waals surface area contributed by atoms with E-state index in [0.717, 1.165) is 52.2 Å². The largest absolute Gasteiger partial charge is 0.493 e. The molecule has 9 nitrogen and oxygen atoms in total. The Morgan fingerprint density at radius 2 is 1.41 bits per heavy atom. The fraction of sp³-hybridized carbons (Fsp3) is 0.333. The maximum absolute atomic E-state index is 14.7. The van der Waals surface area contributed by atoms with Gasteiger partial charge in [-0.3, -0.25) is 13.9 Å². The summed E-state index contributed by atoms with van der Waals surface area (Å²) in [6.45, 7) is 3.47. The van der Waals surface area contributed by atoms with Gasteiger partial charge in [0.15, 0.2) is 11.5 Å². The molecular weight excluding hydrogens is 639 g/mol. The molecule has 2 amide bonds. The first-order chi connectivity index (χ1) is 23.6. The second-order valence-corrected chi connectivity index (χ2v) is 14.4. The quantitative estimate of drug-likeness (QED) is 0.169. The van der Waals surface area contributed by atoms with Gasteiger partial charge < -0.3 is 19.7 Å². The molecule has 0 spiro atoms. The first-order valence-electron chi connectivity index (χ1n) is 16.6. The highest BCUT2D eigenvalue weighted by Crippen LogP contribution is 2.32. The van der Waals surface area contributed by atoms with Crippen molar-refractivity contribution in [3.05, 3.63) is 119 Å². The number of nitrogens with zero attached hydrogens (tertiary/aromatic N) is 2. The van der Waals surface area contributed by atoms with Gasteiger partial charge in [0, 0.05) is 25.1 Å². The molecule has 0 radical (unpaired) electrons. The lowest BCUT2D eigenvalue weighted by molar-refractivity contribution is -0.140. The van der Waals surface area contributed by atoms with Crippen LogP contribution in [0.2, 0.25) is 0 Å². The number of anilines is 1. The molecule has 4 aromatic carbocycles. The van der Waals surface area contributed by atoms with Gasteiger partial charge in [-0.25, -0.2) is 8.42 Å². The standard InChI is InChI=1S/C39H45N3O6S/c1-28-14-18-31(19-15-28)26-41(35(24-30-10-6-5-7-11-30)39(44)40-32-12-8-9-13-32)38(43)27-42(33-20-16-29(2)17-21-33)49(45,46)34-22-23-36(47-3)37(25-34)48-4/h5-7,10-11,14-23,25,32,35H,8-9,12-13,24,26-27H2,1-4H3,(H,40,44). The molecule has 10 heteroatoms. The Morgan fingerprint density at radius 1 is 0.796 bits per heavy atom. The van der Waals surface area contributed by atoms with Gasteiger partial charge in [-0.05, 0) is 62.1 Å². The molecule has 0 bridgehead atoms. The second kappa shape index (κ2) is 16.0. The SMILES string of the molecule is COc1ccc(S(=O)(=O)N(CC(=O)N(Cc2ccc(C)cc2)C(Cc2ccccc2)C(=O)NC2CCCC2)c2ccc(C)cc2)cc1OC. The summed E-state index contributed by atoms with van der Waals surface area (Å²) >= 11 is 0. The lowest BCUT2D eigenvalue weighted by atomic mass is 10.0. The van der Waals surface area contributed by atoms with Gasteiger partial charge >= 0.3 is 0 Å². The molecule has 1 N–H and O–H groups in total. The minimum Gasteiger partial charge on any atom is -0.493 e. The molecule has 4 aromatic rings. The smallest absolute Gasteiger partial charge is 0.264 e. The number of hydrogen-bond acceptors (Lipinski definition) is 6. The molecule has 1 atom stereocenters. The zero-order valence-corrected chi connectivity index (χ0v) is 29.4. The zero-order valence-electron chi connectivity index (χ0n) is 28.6. The normalized spacial score (nSPS) is 13.8. The number of nitrogens with one attached hydrogen (secondary N) is 1. The van der Waals surface area contributed by atoms with Crippen LogP contribution < -0.4 is 19.1 Å². The Bertz CT molecular complexity index is 1820. The van der Waals surface area contributed by atoms with E-state index in [-0.39, 0.29) is 35.6 Å². The monoisotopic (exact) mass is 683 g/mol. The van der Waals surface area contributed by atoms with Crippen LogP contribution in [0.3, 0.4) is 0 Å². The van der Waals surface area contributed by atoms with E-state index in [4.69, 9.17) is 9.47 Å². The summed E-state index contributed by atoms with van der Waals surface area (Å²) in [7, 11) is -1.40. The molecule has 1 aliphatic rings. The summed E-state index contributed by atoms with van der Waals surface area (Å²) in [6.07, 6.45) is 4.13. The highest BCUT2D eigenvalue weighted by molar-refractivity contribution is 7.92. The molecule has 1 fully saturated rings. The fourth-order valence-electron chi connectivity index (χ4n) is 6.16. The Balaban J connectivity index is 1.57. The van der Waals surface area contributed by atoms with Crippen LogP contribution >= 0.6 is 0 Å². The van der Waals surface area contributed by atoms with Crippen molar-refractivity contribution in [1.82, 2.24) is 10.2 Å². The first-order valence-corrected chi connectivity index (χ1v) is 18.0. The number of rotatable bonds is 14. The van der Waals surface area contributed by atoms with E-state index >= 15 is 0 Å². The van der Waals surface area contributed by atoms with Gasteiger partial charge in [0.2, 0.25) is 11.8 Å². The number of benzene rings is 4. The number of ether oxygens (including phenoxy) is 2. The van der Waals surface area contributed by atoms with Crippen LogP contribution in [-0.4, -0.2) is 58.0 Å². The third-order valence-corrected chi connectivity index (χ3v) is 10.8. The minimum atomic E-state index is -4.31. The number of aryl methyl sites for hydroxylation is 2. The summed E-state index contributed by atoms with van der Waals surface area (Å²) in [5, 5.41) is 3.21. The van der Waals surface area contributed by atoms with E-state index in [1.54, 1.807) is 24.3 Å². The second-order valence-electron chi connectivity index (χ2n) is 12.6. The van der Waals surface area contributed by atoms with Crippen LogP contribution in [0.1, 0.15) is 47.9 Å². The number of methoxy groups -OCH3 is 2. The van der Waals surface area contributed by atoms with E-state index in [1.165, 1.54) is 37.3 Å². The van der Waals surface area contributed by atoms with Gasteiger partial charge in [-0.2, -0.15) is 0 Å². The van der Waals surface area contributed by atoms with Gasteiger partial charge in [0.25, 0.3) is 10.0 Å². The topological polar surface area (TPSA) is 105 Å². The highest BCUT2D eigenvalue weighted by Gasteiger charge is 2.36.